The molecule has 30 heavy (non-hydrogen) atoms. The lowest BCUT2D eigenvalue weighted by Gasteiger charge is -2.30. The summed E-state index contributed by atoms with van der Waals surface area (Å²) >= 11 is 0. The average Bonchev–Trinajstić information content (AvgIpc) is 2.80. The van der Waals surface area contributed by atoms with Gasteiger partial charge in [-0.15, -0.1) is 0 Å². The van der Waals surface area contributed by atoms with Crippen molar-refractivity contribution < 1.29 is 28.7 Å². The molecule has 0 unspecified atom stereocenters. The van der Waals surface area contributed by atoms with E-state index in [-0.39, 0.29) is 0 Å². The monoisotopic (exact) mass is 413 g/mol. The molecule has 0 bridgehead atoms. The molecule has 3 rings (SSSR count). The topological polar surface area (TPSA) is 69.6 Å². The number of rotatable bonds is 9. The van der Waals surface area contributed by atoms with Gasteiger partial charge in [0.15, 0.2) is 11.5 Å². The number of nitriles is 1. The van der Waals surface area contributed by atoms with E-state index in [0.29, 0.717) is 29.4 Å². The van der Waals surface area contributed by atoms with Crippen molar-refractivity contribution in [3.8, 4) is 29.1 Å². The third kappa shape index (κ3) is 5.15. The maximum Gasteiger partial charge on any atom is 0.203 e. The van der Waals surface area contributed by atoms with Crippen LogP contribution in [-0.4, -0.2) is 60.7 Å². The van der Waals surface area contributed by atoms with Crippen molar-refractivity contribution in [3.05, 3.63) is 47.5 Å². The minimum Gasteiger partial charge on any atom is -0.493 e. The van der Waals surface area contributed by atoms with Gasteiger partial charge in [-0.25, -0.2) is 0 Å². The molecule has 0 atom stereocenters. The number of nitrogens with zero attached hydrogens (tertiary/aromatic N) is 1. The number of para-hydroxylation sites is 1. The first-order chi connectivity index (χ1) is 14.7. The number of nitrogens with one attached hydrogen (secondary N) is 2. The second-order valence-corrected chi connectivity index (χ2v) is 7.38. The molecular weight excluding hydrogens is 382 g/mol. The van der Waals surface area contributed by atoms with E-state index in [1.54, 1.807) is 27.4 Å². The molecule has 1 saturated heterocycles. The second-order valence-electron chi connectivity index (χ2n) is 7.38. The molecule has 2 N–H and O–H groups in total. The SMILES string of the molecule is COc1ccc(C[NH+]2CC[NH+](CCOc3ccccc3C#N)CC2)c(OC)c1OC. The third-order valence-electron chi connectivity index (χ3n) is 5.61. The highest BCUT2D eigenvalue weighted by atomic mass is 16.5. The number of ether oxygens (including phenoxy) is 4. The van der Waals surface area contributed by atoms with Gasteiger partial charge in [0.1, 0.15) is 57.7 Å². The fraction of sp³-hybridized carbons (Fsp3) is 0.435. The molecule has 0 radical (unpaired) electrons. The Morgan fingerprint density at radius 3 is 2.20 bits per heavy atom. The van der Waals surface area contributed by atoms with Gasteiger partial charge in [0.05, 0.1) is 32.5 Å². The van der Waals surface area contributed by atoms with Crippen LogP contribution in [0.15, 0.2) is 36.4 Å². The zero-order valence-electron chi connectivity index (χ0n) is 18.0. The highest BCUT2D eigenvalue weighted by molar-refractivity contribution is 5.55. The predicted molar refractivity (Wildman–Crippen MR) is 113 cm³/mol. The minimum atomic E-state index is 0.589. The molecule has 1 aliphatic rings. The Hall–Kier alpha value is -2.95. The average molecular weight is 414 g/mol. The maximum absolute atomic E-state index is 9.15. The van der Waals surface area contributed by atoms with E-state index < -0.39 is 0 Å². The number of methoxy groups -OCH3 is 3. The summed E-state index contributed by atoms with van der Waals surface area (Å²) in [5.74, 6) is 2.75. The lowest BCUT2D eigenvalue weighted by Crippen LogP contribution is -3.27. The highest BCUT2D eigenvalue weighted by Crippen LogP contribution is 2.39. The van der Waals surface area contributed by atoms with Gasteiger partial charge in [-0.1, -0.05) is 12.1 Å². The van der Waals surface area contributed by atoms with Gasteiger partial charge in [0.25, 0.3) is 0 Å². The number of hydrogen-bond acceptors (Lipinski definition) is 5. The van der Waals surface area contributed by atoms with E-state index in [0.717, 1.165) is 50.6 Å². The molecule has 2 aromatic rings. The van der Waals surface area contributed by atoms with Gasteiger partial charge >= 0.3 is 0 Å². The number of piperazine rings is 1. The van der Waals surface area contributed by atoms with Gasteiger partial charge in [0.2, 0.25) is 5.75 Å². The van der Waals surface area contributed by atoms with Crippen molar-refractivity contribution in [3.63, 3.8) is 0 Å². The first-order valence-corrected chi connectivity index (χ1v) is 10.3. The van der Waals surface area contributed by atoms with Gasteiger partial charge < -0.3 is 28.7 Å². The molecule has 7 nitrogen and oxygen atoms in total. The number of hydrogen-bond donors (Lipinski definition) is 2. The van der Waals surface area contributed by atoms with Crippen LogP contribution in [0.5, 0.6) is 23.0 Å². The zero-order valence-corrected chi connectivity index (χ0v) is 18.0. The molecular formula is C23H31N3O4+2. The first kappa shape index (κ1) is 21.8. The van der Waals surface area contributed by atoms with E-state index >= 15 is 0 Å². The lowest BCUT2D eigenvalue weighted by atomic mass is 10.1. The van der Waals surface area contributed by atoms with Crippen molar-refractivity contribution in [2.75, 3.05) is 60.7 Å². The molecule has 160 valence electrons. The summed E-state index contributed by atoms with van der Waals surface area (Å²) in [6, 6.07) is 13.6. The number of quaternary nitrogens is 2. The normalized spacial score (nSPS) is 18.3. The summed E-state index contributed by atoms with van der Waals surface area (Å²) < 4.78 is 22.3. The minimum absolute atomic E-state index is 0.589. The highest BCUT2D eigenvalue weighted by Gasteiger charge is 2.25. The summed E-state index contributed by atoms with van der Waals surface area (Å²) in [4.78, 5) is 3.06. The van der Waals surface area contributed by atoms with Crippen molar-refractivity contribution >= 4 is 0 Å². The third-order valence-corrected chi connectivity index (χ3v) is 5.61. The van der Waals surface area contributed by atoms with E-state index in [1.807, 2.05) is 24.3 Å². The predicted octanol–water partition coefficient (Wildman–Crippen LogP) is -0.0535. The summed E-state index contributed by atoms with van der Waals surface area (Å²) in [7, 11) is 4.94. The lowest BCUT2D eigenvalue weighted by molar-refractivity contribution is -1.02. The van der Waals surface area contributed by atoms with Crippen LogP contribution in [0.1, 0.15) is 11.1 Å². The van der Waals surface area contributed by atoms with Crippen LogP contribution >= 0.6 is 0 Å². The van der Waals surface area contributed by atoms with Crippen LogP contribution in [0.25, 0.3) is 0 Å². The quantitative estimate of drug-likeness (QED) is 0.603. The van der Waals surface area contributed by atoms with E-state index in [4.69, 9.17) is 24.2 Å². The Morgan fingerprint density at radius 2 is 1.53 bits per heavy atom. The van der Waals surface area contributed by atoms with Crippen LogP contribution in [0, 0.1) is 11.3 Å². The van der Waals surface area contributed by atoms with Crippen LogP contribution in [0.3, 0.4) is 0 Å². The summed E-state index contributed by atoms with van der Waals surface area (Å²) in [5, 5.41) is 9.15. The van der Waals surface area contributed by atoms with Crippen LogP contribution in [0.2, 0.25) is 0 Å². The molecule has 2 aromatic carbocycles. The summed E-state index contributed by atoms with van der Waals surface area (Å²) in [6.45, 7) is 6.80. The summed E-state index contributed by atoms with van der Waals surface area (Å²) in [6.07, 6.45) is 0. The fourth-order valence-corrected chi connectivity index (χ4v) is 3.95. The van der Waals surface area contributed by atoms with E-state index in [1.165, 1.54) is 9.80 Å². The molecule has 0 aliphatic carbocycles. The molecule has 1 aliphatic heterocycles. The van der Waals surface area contributed by atoms with Crippen LogP contribution in [-0.2, 0) is 6.54 Å². The molecule has 0 spiro atoms. The zero-order chi connectivity index (χ0) is 21.3. The molecule has 1 heterocycles. The summed E-state index contributed by atoms with van der Waals surface area (Å²) in [5.41, 5.74) is 1.72. The Balaban J connectivity index is 1.50. The smallest absolute Gasteiger partial charge is 0.203 e. The van der Waals surface area contributed by atoms with Crippen LogP contribution in [0.4, 0.5) is 0 Å². The van der Waals surface area contributed by atoms with Crippen molar-refractivity contribution in [1.82, 2.24) is 0 Å². The second kappa shape index (κ2) is 10.7. The van der Waals surface area contributed by atoms with Gasteiger partial charge in [-0.3, -0.25) is 0 Å². The molecule has 0 aromatic heterocycles. The van der Waals surface area contributed by atoms with Gasteiger partial charge in [0, 0.05) is 0 Å². The Bertz CT molecular complexity index is 873. The van der Waals surface area contributed by atoms with Crippen molar-refractivity contribution in [2.24, 2.45) is 0 Å². The molecule has 0 saturated carbocycles. The molecule has 7 heteroatoms. The van der Waals surface area contributed by atoms with E-state index in [9.17, 15) is 0 Å². The standard InChI is InChI=1S/C23H29N3O4/c1-27-21-9-8-19(22(28-2)23(21)29-3)17-26-12-10-25(11-13-26)14-15-30-20-7-5-4-6-18(20)16-24/h4-9H,10-15,17H2,1-3H3/p+2. The van der Waals surface area contributed by atoms with Crippen molar-refractivity contribution in [1.29, 1.82) is 5.26 Å². The maximum atomic E-state index is 9.15. The molecule has 1 fully saturated rings. The largest absolute Gasteiger partial charge is 0.493 e. The van der Waals surface area contributed by atoms with Crippen molar-refractivity contribution in [2.45, 2.75) is 6.54 Å². The van der Waals surface area contributed by atoms with Crippen LogP contribution < -0.4 is 28.7 Å². The fourth-order valence-electron chi connectivity index (χ4n) is 3.95. The first-order valence-electron chi connectivity index (χ1n) is 10.3. The Morgan fingerprint density at radius 1 is 0.833 bits per heavy atom. The Kier molecular flexibility index (Phi) is 7.77. The number of benzene rings is 2. The van der Waals surface area contributed by atoms with E-state index in [2.05, 4.69) is 12.1 Å². The van der Waals surface area contributed by atoms with Gasteiger partial charge in [-0.2, -0.15) is 5.26 Å². The molecule has 0 amide bonds. The Labute approximate surface area is 178 Å². The van der Waals surface area contributed by atoms with Gasteiger partial charge in [-0.05, 0) is 24.3 Å².